The van der Waals surface area contributed by atoms with E-state index in [2.05, 4.69) is 27.2 Å². The van der Waals surface area contributed by atoms with Gasteiger partial charge in [0.25, 0.3) is 0 Å². The topological polar surface area (TPSA) is 112 Å². The summed E-state index contributed by atoms with van der Waals surface area (Å²) < 4.78 is 1.94. The molecule has 0 amide bonds. The largest absolute Gasteiger partial charge is 0.508 e. The van der Waals surface area contributed by atoms with E-state index in [0.29, 0.717) is 30.7 Å². The van der Waals surface area contributed by atoms with Crippen molar-refractivity contribution in [1.29, 1.82) is 0 Å². The van der Waals surface area contributed by atoms with Crippen LogP contribution >= 0.6 is 0 Å². The molecule has 4 rings (SSSR count). The average molecular weight is 465 g/mol. The predicted molar refractivity (Wildman–Crippen MR) is 129 cm³/mol. The van der Waals surface area contributed by atoms with Crippen molar-refractivity contribution in [3.05, 3.63) is 53.3 Å². The van der Waals surface area contributed by atoms with Crippen molar-refractivity contribution < 1.29 is 20.1 Å². The van der Waals surface area contributed by atoms with Crippen molar-refractivity contribution in [1.82, 2.24) is 19.7 Å². The normalized spacial score (nSPS) is 15.2. The van der Waals surface area contributed by atoms with Gasteiger partial charge in [-0.2, -0.15) is 0 Å². The molecule has 0 radical (unpaired) electrons. The summed E-state index contributed by atoms with van der Waals surface area (Å²) in [6.07, 6.45) is 2.04. The lowest BCUT2D eigenvalue weighted by Gasteiger charge is -2.30. The molecule has 0 aliphatic carbocycles. The minimum atomic E-state index is -0.694. The lowest BCUT2D eigenvalue weighted by molar-refractivity contribution is -0.143. The molecule has 0 unspecified atom stereocenters. The lowest BCUT2D eigenvalue weighted by Crippen LogP contribution is -2.35. The number of phenols is 2. The van der Waals surface area contributed by atoms with Crippen LogP contribution in [0.15, 0.2) is 36.4 Å². The Bertz CT molecular complexity index is 1160. The number of nitrogens with zero attached hydrogens (tertiary/aromatic N) is 4. The zero-order valence-corrected chi connectivity index (χ0v) is 19.9. The molecule has 0 spiro atoms. The third-order valence-electron chi connectivity index (χ3n) is 6.59. The monoisotopic (exact) mass is 464 g/mol. The van der Waals surface area contributed by atoms with E-state index >= 15 is 0 Å². The van der Waals surface area contributed by atoms with Crippen molar-refractivity contribution in [2.45, 2.75) is 52.5 Å². The molecule has 0 bridgehead atoms. The third kappa shape index (κ3) is 4.77. The first kappa shape index (κ1) is 23.8. The number of aromatic nitrogens is 3. The number of aryl methyl sites for hydroxylation is 1. The summed E-state index contributed by atoms with van der Waals surface area (Å²) in [5, 5.41) is 38.8. The second-order valence-electron chi connectivity index (χ2n) is 9.27. The minimum Gasteiger partial charge on any atom is -0.508 e. The van der Waals surface area contributed by atoms with Crippen LogP contribution in [0.1, 0.15) is 56.5 Å². The minimum absolute atomic E-state index is 0.0420. The summed E-state index contributed by atoms with van der Waals surface area (Å²) in [5.41, 5.74) is 3.31. The van der Waals surface area contributed by atoms with E-state index < -0.39 is 5.97 Å². The quantitative estimate of drug-likeness (QED) is 0.477. The van der Waals surface area contributed by atoms with E-state index in [9.17, 15) is 20.1 Å². The van der Waals surface area contributed by atoms with Crippen LogP contribution < -0.4 is 0 Å². The summed E-state index contributed by atoms with van der Waals surface area (Å²) in [7, 11) is 0. The summed E-state index contributed by atoms with van der Waals surface area (Å²) in [5.74, 6) is 0.485. The summed E-state index contributed by atoms with van der Waals surface area (Å²) in [6, 6.07) is 11.3. The van der Waals surface area contributed by atoms with Crippen LogP contribution in [0.25, 0.3) is 17.1 Å². The molecule has 1 aromatic heterocycles. The lowest BCUT2D eigenvalue weighted by atomic mass is 9.97. The van der Waals surface area contributed by atoms with Crippen LogP contribution in [0.4, 0.5) is 0 Å². The van der Waals surface area contributed by atoms with Gasteiger partial charge in [-0.3, -0.25) is 14.3 Å². The van der Waals surface area contributed by atoms with Crippen molar-refractivity contribution in [2.75, 3.05) is 13.1 Å². The number of hydrogen-bond acceptors (Lipinski definition) is 6. The Kier molecular flexibility index (Phi) is 6.88. The van der Waals surface area contributed by atoms with E-state index in [-0.39, 0.29) is 23.3 Å². The number of likely N-dealkylation sites (tertiary alicyclic amines) is 1. The summed E-state index contributed by atoms with van der Waals surface area (Å²) in [6.45, 7) is 8.33. The van der Waals surface area contributed by atoms with Gasteiger partial charge in [0.15, 0.2) is 5.82 Å². The molecule has 1 saturated heterocycles. The highest BCUT2D eigenvalue weighted by molar-refractivity contribution is 5.70. The van der Waals surface area contributed by atoms with Gasteiger partial charge in [0.05, 0.1) is 11.5 Å². The van der Waals surface area contributed by atoms with Gasteiger partial charge in [-0.1, -0.05) is 32.9 Å². The van der Waals surface area contributed by atoms with E-state index in [4.69, 9.17) is 0 Å². The van der Waals surface area contributed by atoms with E-state index in [0.717, 1.165) is 42.3 Å². The maximum Gasteiger partial charge on any atom is 0.306 e. The van der Waals surface area contributed by atoms with Crippen LogP contribution in [-0.2, 0) is 17.8 Å². The van der Waals surface area contributed by atoms with E-state index in [1.54, 1.807) is 6.07 Å². The number of rotatable bonds is 7. The Labute approximate surface area is 199 Å². The second kappa shape index (κ2) is 9.85. The molecule has 1 aliphatic rings. The second-order valence-corrected chi connectivity index (χ2v) is 9.27. The van der Waals surface area contributed by atoms with Crippen molar-refractivity contribution in [2.24, 2.45) is 5.92 Å². The van der Waals surface area contributed by atoms with Crippen molar-refractivity contribution in [3.63, 3.8) is 0 Å². The highest BCUT2D eigenvalue weighted by atomic mass is 16.4. The fraction of sp³-hybridized carbons (Fsp3) is 0.423. The van der Waals surface area contributed by atoms with Crippen LogP contribution in [0.3, 0.4) is 0 Å². The van der Waals surface area contributed by atoms with Gasteiger partial charge in [-0.15, -0.1) is 10.2 Å². The molecule has 180 valence electrons. The zero-order valence-electron chi connectivity index (χ0n) is 19.9. The first-order valence-corrected chi connectivity index (χ1v) is 11.8. The molecular formula is C26H32N4O4. The van der Waals surface area contributed by atoms with Crippen LogP contribution in [0.2, 0.25) is 0 Å². The number of carbonyl (C=O) groups is 1. The third-order valence-corrected chi connectivity index (χ3v) is 6.59. The Morgan fingerprint density at radius 2 is 1.74 bits per heavy atom. The number of benzene rings is 2. The number of carboxylic acid groups (broad SMARTS) is 1. The molecule has 1 aliphatic heterocycles. The predicted octanol–water partition coefficient (Wildman–Crippen LogP) is 4.33. The number of piperidine rings is 1. The molecule has 8 heteroatoms. The zero-order chi connectivity index (χ0) is 24.4. The first-order chi connectivity index (χ1) is 16.3. The molecular weight excluding hydrogens is 432 g/mol. The van der Waals surface area contributed by atoms with Crippen LogP contribution in [-0.4, -0.2) is 54.0 Å². The molecule has 34 heavy (non-hydrogen) atoms. The van der Waals surface area contributed by atoms with Gasteiger partial charge in [-0.25, -0.2) is 0 Å². The Balaban J connectivity index is 1.61. The van der Waals surface area contributed by atoms with E-state index in [1.807, 2.05) is 37.5 Å². The Hall–Kier alpha value is -3.39. The first-order valence-electron chi connectivity index (χ1n) is 11.8. The van der Waals surface area contributed by atoms with Gasteiger partial charge in [-0.05, 0) is 61.2 Å². The van der Waals surface area contributed by atoms with Gasteiger partial charge in [0.2, 0.25) is 0 Å². The number of aliphatic carboxylic acids is 1. The Morgan fingerprint density at radius 3 is 2.32 bits per heavy atom. The Morgan fingerprint density at radius 1 is 1.06 bits per heavy atom. The molecule has 0 saturated carbocycles. The van der Waals surface area contributed by atoms with Gasteiger partial charge in [0.1, 0.15) is 17.3 Å². The van der Waals surface area contributed by atoms with Gasteiger partial charge in [0, 0.05) is 24.7 Å². The van der Waals surface area contributed by atoms with Gasteiger partial charge >= 0.3 is 5.97 Å². The molecule has 3 aromatic rings. The molecule has 8 nitrogen and oxygen atoms in total. The highest BCUT2D eigenvalue weighted by Gasteiger charge is 2.24. The maximum atomic E-state index is 11.2. The van der Waals surface area contributed by atoms with Crippen LogP contribution in [0.5, 0.6) is 11.5 Å². The maximum absolute atomic E-state index is 11.2. The number of aromatic hydroxyl groups is 2. The van der Waals surface area contributed by atoms with Crippen molar-refractivity contribution in [3.8, 4) is 28.6 Å². The standard InChI is InChI=1S/C26H32N4O4/c1-4-24-27-28-25(21-13-20(16(2)3)22(31)14-23(21)32)30(24)19-7-5-17(6-8-19)15-29-11-9-18(10-12-29)26(33)34/h5-8,13-14,16,18,31-32H,4,9-12,15H2,1-3H3,(H,33,34). The fourth-order valence-electron chi connectivity index (χ4n) is 4.57. The molecule has 2 aromatic carbocycles. The van der Waals surface area contributed by atoms with Crippen molar-refractivity contribution >= 4 is 5.97 Å². The fourth-order valence-corrected chi connectivity index (χ4v) is 4.57. The summed E-state index contributed by atoms with van der Waals surface area (Å²) >= 11 is 0. The molecule has 1 fully saturated rings. The van der Waals surface area contributed by atoms with Gasteiger partial charge < -0.3 is 15.3 Å². The number of phenolic OH excluding ortho intramolecular Hbond substituents is 2. The van der Waals surface area contributed by atoms with E-state index in [1.165, 1.54) is 6.07 Å². The highest BCUT2D eigenvalue weighted by Crippen LogP contribution is 2.38. The summed E-state index contributed by atoms with van der Waals surface area (Å²) in [4.78, 5) is 13.5. The average Bonchev–Trinajstić information content (AvgIpc) is 3.23. The number of hydrogen-bond donors (Lipinski definition) is 3. The smallest absolute Gasteiger partial charge is 0.306 e. The SMILES string of the molecule is CCc1nnc(-c2cc(C(C)C)c(O)cc2O)n1-c1ccc(CN2CCC(C(=O)O)CC2)cc1. The molecule has 2 heterocycles. The molecule has 0 atom stereocenters. The van der Waals surface area contributed by atoms with Crippen LogP contribution in [0, 0.1) is 5.92 Å². The number of carboxylic acids is 1. The molecule has 3 N–H and O–H groups in total.